The molecule has 2 heteroatoms. The molecule has 1 rings (SSSR count). The molecule has 0 bridgehead atoms. The lowest BCUT2D eigenvalue weighted by Gasteiger charge is -2.18. The molecule has 2 nitrogen and oxygen atoms in total. The standard InChI is InChI=1S/C11H18N2/c1-5-10-7-9(3)8-12-11(10)13(4)6-2/h7-8H,5-6H2,1-4H3. The lowest BCUT2D eigenvalue weighted by atomic mass is 10.1. The fourth-order valence-corrected chi connectivity index (χ4v) is 1.38. The van der Waals surface area contributed by atoms with Crippen LogP contribution in [0.4, 0.5) is 5.82 Å². The molecule has 0 aliphatic heterocycles. The molecule has 72 valence electrons. The van der Waals surface area contributed by atoms with Crippen molar-refractivity contribution in [3.63, 3.8) is 0 Å². The van der Waals surface area contributed by atoms with E-state index in [9.17, 15) is 0 Å². The highest BCUT2D eigenvalue weighted by Crippen LogP contribution is 2.17. The Morgan fingerprint density at radius 2 is 2.08 bits per heavy atom. The number of rotatable bonds is 3. The highest BCUT2D eigenvalue weighted by molar-refractivity contribution is 5.47. The Morgan fingerprint density at radius 3 is 2.62 bits per heavy atom. The van der Waals surface area contributed by atoms with Crippen molar-refractivity contribution in [2.75, 3.05) is 18.5 Å². The van der Waals surface area contributed by atoms with E-state index >= 15 is 0 Å². The summed E-state index contributed by atoms with van der Waals surface area (Å²) >= 11 is 0. The van der Waals surface area contributed by atoms with Crippen LogP contribution in [0.3, 0.4) is 0 Å². The molecule has 13 heavy (non-hydrogen) atoms. The number of nitrogens with zero attached hydrogens (tertiary/aromatic N) is 2. The largest absolute Gasteiger partial charge is 0.360 e. The van der Waals surface area contributed by atoms with Gasteiger partial charge in [-0.25, -0.2) is 4.98 Å². The summed E-state index contributed by atoms with van der Waals surface area (Å²) in [6.07, 6.45) is 2.98. The summed E-state index contributed by atoms with van der Waals surface area (Å²) in [6, 6.07) is 2.22. The molecule has 0 aliphatic rings. The molecule has 0 saturated heterocycles. The first-order valence-electron chi connectivity index (χ1n) is 4.85. The summed E-state index contributed by atoms with van der Waals surface area (Å²) in [5.74, 6) is 1.12. The number of hydrogen-bond donors (Lipinski definition) is 0. The van der Waals surface area contributed by atoms with Crippen LogP contribution in [0.5, 0.6) is 0 Å². The fourth-order valence-electron chi connectivity index (χ4n) is 1.38. The molecule has 0 unspecified atom stereocenters. The maximum Gasteiger partial charge on any atom is 0.131 e. The first-order valence-corrected chi connectivity index (χ1v) is 4.85. The lowest BCUT2D eigenvalue weighted by Crippen LogP contribution is -2.19. The van der Waals surface area contributed by atoms with Crippen LogP contribution in [0.25, 0.3) is 0 Å². The van der Waals surface area contributed by atoms with Crippen LogP contribution < -0.4 is 4.90 Å². The third kappa shape index (κ3) is 2.20. The van der Waals surface area contributed by atoms with E-state index < -0.39 is 0 Å². The zero-order valence-corrected chi connectivity index (χ0v) is 8.96. The molecule has 0 N–H and O–H groups in total. The molecular weight excluding hydrogens is 160 g/mol. The molecule has 0 amide bonds. The van der Waals surface area contributed by atoms with Gasteiger partial charge in [0.25, 0.3) is 0 Å². The monoisotopic (exact) mass is 178 g/mol. The molecule has 1 heterocycles. The summed E-state index contributed by atoms with van der Waals surface area (Å²) < 4.78 is 0. The minimum absolute atomic E-state index is 1.00. The zero-order valence-electron chi connectivity index (χ0n) is 8.96. The molecule has 0 radical (unpaired) electrons. The van der Waals surface area contributed by atoms with E-state index in [1.54, 1.807) is 0 Å². The topological polar surface area (TPSA) is 16.1 Å². The van der Waals surface area contributed by atoms with E-state index in [1.807, 2.05) is 6.20 Å². The highest BCUT2D eigenvalue weighted by Gasteiger charge is 2.05. The van der Waals surface area contributed by atoms with Gasteiger partial charge in [0.2, 0.25) is 0 Å². The van der Waals surface area contributed by atoms with Crippen molar-refractivity contribution in [2.24, 2.45) is 0 Å². The third-order valence-electron chi connectivity index (χ3n) is 2.30. The second-order valence-corrected chi connectivity index (χ2v) is 3.36. The van der Waals surface area contributed by atoms with Crippen LogP contribution in [0.15, 0.2) is 12.3 Å². The van der Waals surface area contributed by atoms with Crippen LogP contribution in [0.1, 0.15) is 25.0 Å². The van der Waals surface area contributed by atoms with Crippen molar-refractivity contribution in [1.29, 1.82) is 0 Å². The third-order valence-corrected chi connectivity index (χ3v) is 2.30. The summed E-state index contributed by atoms with van der Waals surface area (Å²) in [6.45, 7) is 7.40. The molecule has 0 fully saturated rings. The van der Waals surface area contributed by atoms with Crippen LogP contribution in [0.2, 0.25) is 0 Å². The number of pyridine rings is 1. The molecule has 0 spiro atoms. The Bertz CT molecular complexity index is 281. The van der Waals surface area contributed by atoms with E-state index in [4.69, 9.17) is 0 Å². The first-order chi connectivity index (χ1) is 6.19. The van der Waals surface area contributed by atoms with Crippen molar-refractivity contribution >= 4 is 5.82 Å². The summed E-state index contributed by atoms with van der Waals surface area (Å²) in [5, 5.41) is 0. The molecule has 1 aromatic rings. The quantitative estimate of drug-likeness (QED) is 0.706. The van der Waals surface area contributed by atoms with E-state index in [1.165, 1.54) is 11.1 Å². The van der Waals surface area contributed by atoms with Gasteiger partial charge in [-0.2, -0.15) is 0 Å². The Hall–Kier alpha value is -1.05. The maximum absolute atomic E-state index is 4.45. The van der Waals surface area contributed by atoms with Gasteiger partial charge >= 0.3 is 0 Å². The van der Waals surface area contributed by atoms with Crippen molar-refractivity contribution in [3.8, 4) is 0 Å². The molecule has 1 aromatic heterocycles. The minimum Gasteiger partial charge on any atom is -0.360 e. The highest BCUT2D eigenvalue weighted by atomic mass is 15.2. The smallest absolute Gasteiger partial charge is 0.131 e. The van der Waals surface area contributed by atoms with E-state index in [-0.39, 0.29) is 0 Å². The molecule has 0 atom stereocenters. The van der Waals surface area contributed by atoms with Gasteiger partial charge in [0.1, 0.15) is 5.82 Å². The fraction of sp³-hybridized carbons (Fsp3) is 0.545. The SMILES string of the molecule is CCc1cc(C)cnc1N(C)CC. The van der Waals surface area contributed by atoms with Gasteiger partial charge in [0, 0.05) is 19.8 Å². The Labute approximate surface area is 80.6 Å². The van der Waals surface area contributed by atoms with Gasteiger partial charge in [0.05, 0.1) is 0 Å². The summed E-state index contributed by atoms with van der Waals surface area (Å²) in [5.41, 5.74) is 2.58. The van der Waals surface area contributed by atoms with Gasteiger partial charge in [0.15, 0.2) is 0 Å². The molecule has 0 aliphatic carbocycles. The molecule has 0 saturated carbocycles. The average molecular weight is 178 g/mol. The van der Waals surface area contributed by atoms with Gasteiger partial charge < -0.3 is 4.90 Å². The predicted molar refractivity (Wildman–Crippen MR) is 57.3 cm³/mol. The normalized spacial score (nSPS) is 10.2. The Balaban J connectivity index is 3.05. The van der Waals surface area contributed by atoms with Crippen LogP contribution >= 0.6 is 0 Å². The van der Waals surface area contributed by atoms with Crippen LogP contribution in [-0.4, -0.2) is 18.6 Å². The van der Waals surface area contributed by atoms with Crippen LogP contribution in [-0.2, 0) is 6.42 Å². The number of anilines is 1. The Kier molecular flexibility index (Phi) is 3.29. The van der Waals surface area contributed by atoms with Crippen molar-refractivity contribution in [2.45, 2.75) is 27.2 Å². The number of hydrogen-bond acceptors (Lipinski definition) is 2. The average Bonchev–Trinajstić information content (AvgIpc) is 2.16. The summed E-state index contributed by atoms with van der Waals surface area (Å²) in [4.78, 5) is 6.62. The lowest BCUT2D eigenvalue weighted by molar-refractivity contribution is 0.913. The molecular formula is C11H18N2. The van der Waals surface area contributed by atoms with Crippen LogP contribution in [0, 0.1) is 6.92 Å². The Morgan fingerprint density at radius 1 is 1.38 bits per heavy atom. The van der Waals surface area contributed by atoms with Crippen molar-refractivity contribution < 1.29 is 0 Å². The van der Waals surface area contributed by atoms with Gasteiger partial charge in [-0.05, 0) is 31.4 Å². The van der Waals surface area contributed by atoms with Gasteiger partial charge in [-0.3, -0.25) is 0 Å². The van der Waals surface area contributed by atoms with Crippen molar-refractivity contribution in [3.05, 3.63) is 23.4 Å². The van der Waals surface area contributed by atoms with Crippen molar-refractivity contribution in [1.82, 2.24) is 4.98 Å². The van der Waals surface area contributed by atoms with E-state index in [0.717, 1.165) is 18.8 Å². The van der Waals surface area contributed by atoms with Gasteiger partial charge in [-0.1, -0.05) is 13.0 Å². The first kappa shape index (κ1) is 10.0. The predicted octanol–water partition coefficient (Wildman–Crippen LogP) is 2.41. The van der Waals surface area contributed by atoms with Gasteiger partial charge in [-0.15, -0.1) is 0 Å². The molecule has 0 aromatic carbocycles. The second-order valence-electron chi connectivity index (χ2n) is 3.36. The maximum atomic E-state index is 4.45. The summed E-state index contributed by atoms with van der Waals surface area (Å²) in [7, 11) is 2.08. The zero-order chi connectivity index (χ0) is 9.84. The van der Waals surface area contributed by atoms with E-state index in [2.05, 4.69) is 43.8 Å². The van der Waals surface area contributed by atoms with E-state index in [0.29, 0.717) is 0 Å². The number of aryl methyl sites for hydroxylation is 2. The minimum atomic E-state index is 1.00. The second kappa shape index (κ2) is 4.26. The number of aromatic nitrogens is 1.